The molecule has 0 atom stereocenters. The van der Waals surface area contributed by atoms with Gasteiger partial charge >= 0.3 is 0 Å². The van der Waals surface area contributed by atoms with Crippen molar-refractivity contribution >= 4 is 6.72 Å². The van der Waals surface area contributed by atoms with Crippen molar-refractivity contribution < 1.29 is 0 Å². The molecule has 0 aromatic carbocycles. The fourth-order valence-electron chi connectivity index (χ4n) is 0.199. The third kappa shape index (κ3) is 1.57. The lowest BCUT2D eigenvalue weighted by Crippen LogP contribution is -1.73. The van der Waals surface area contributed by atoms with Gasteiger partial charge in [0.2, 0.25) is 0 Å². The maximum Gasteiger partial charge on any atom is 0.0963 e. The minimum absolute atomic E-state index is 0.625. The zero-order valence-corrected chi connectivity index (χ0v) is 5.10. The maximum atomic E-state index is 8.24. The summed E-state index contributed by atoms with van der Waals surface area (Å²) in [7, 11) is 0. The third-order valence-corrected chi connectivity index (χ3v) is 0.948. The molecule has 0 saturated carbocycles. The van der Waals surface area contributed by atoms with E-state index in [9.17, 15) is 0 Å². The van der Waals surface area contributed by atoms with Crippen LogP contribution in [0.3, 0.4) is 0 Å². The highest BCUT2D eigenvalue weighted by atomic mass is 14.7. The van der Waals surface area contributed by atoms with Gasteiger partial charge in [-0.1, -0.05) is 0 Å². The number of allylic oxidation sites excluding steroid dienone is 2. The molecule has 0 unspecified atom stereocenters. The fourth-order valence-corrected chi connectivity index (χ4v) is 0.199. The zero-order chi connectivity index (χ0) is 6.57. The van der Waals surface area contributed by atoms with E-state index in [0.29, 0.717) is 11.3 Å². The van der Waals surface area contributed by atoms with Crippen molar-refractivity contribution in [2.24, 2.45) is 4.99 Å². The second kappa shape index (κ2) is 2.98. The Hall–Kier alpha value is -1.10. The van der Waals surface area contributed by atoms with Crippen molar-refractivity contribution in [3.63, 3.8) is 0 Å². The summed E-state index contributed by atoms with van der Waals surface area (Å²) in [6, 6.07) is 1.96. The molecule has 0 aliphatic carbocycles. The molecule has 0 aliphatic rings. The van der Waals surface area contributed by atoms with E-state index < -0.39 is 0 Å². The second-order valence-electron chi connectivity index (χ2n) is 1.48. The zero-order valence-electron chi connectivity index (χ0n) is 5.10. The molecule has 0 amide bonds. The molecule has 8 heavy (non-hydrogen) atoms. The van der Waals surface area contributed by atoms with E-state index in [1.54, 1.807) is 13.8 Å². The highest BCUT2D eigenvalue weighted by Crippen LogP contribution is 2.00. The van der Waals surface area contributed by atoms with E-state index in [2.05, 4.69) is 11.7 Å². The van der Waals surface area contributed by atoms with E-state index >= 15 is 0 Å². The lowest BCUT2D eigenvalue weighted by molar-refractivity contribution is 1.25. The van der Waals surface area contributed by atoms with Crippen LogP contribution in [0.2, 0.25) is 0 Å². The van der Waals surface area contributed by atoms with Gasteiger partial charge < -0.3 is 0 Å². The van der Waals surface area contributed by atoms with Crippen molar-refractivity contribution in [1.29, 1.82) is 5.26 Å². The van der Waals surface area contributed by atoms with Crippen LogP contribution in [0.5, 0.6) is 0 Å². The van der Waals surface area contributed by atoms with Crippen molar-refractivity contribution in [3.8, 4) is 6.07 Å². The first-order valence-corrected chi connectivity index (χ1v) is 2.26. The van der Waals surface area contributed by atoms with Gasteiger partial charge in [0.25, 0.3) is 0 Å². The molecule has 0 radical (unpaired) electrons. The van der Waals surface area contributed by atoms with Gasteiger partial charge in [-0.05, 0) is 20.6 Å². The molecule has 0 saturated heterocycles. The van der Waals surface area contributed by atoms with Crippen molar-refractivity contribution in [1.82, 2.24) is 0 Å². The van der Waals surface area contributed by atoms with Gasteiger partial charge in [0.1, 0.15) is 0 Å². The summed E-state index contributed by atoms with van der Waals surface area (Å²) in [5.74, 6) is 0. The summed E-state index contributed by atoms with van der Waals surface area (Å²) >= 11 is 0. The molecule has 0 heterocycles. The minimum Gasteiger partial charge on any atom is -0.268 e. The van der Waals surface area contributed by atoms with Gasteiger partial charge in [0.15, 0.2) is 0 Å². The largest absolute Gasteiger partial charge is 0.268 e. The molecule has 42 valence electrons. The number of rotatable bonds is 1. The van der Waals surface area contributed by atoms with Crippen LogP contribution in [0.15, 0.2) is 16.3 Å². The van der Waals surface area contributed by atoms with Crippen LogP contribution >= 0.6 is 0 Å². The quantitative estimate of drug-likeness (QED) is 0.370. The highest BCUT2D eigenvalue weighted by Gasteiger charge is 1.87. The van der Waals surface area contributed by atoms with Crippen LogP contribution in [0.4, 0.5) is 0 Å². The first-order chi connectivity index (χ1) is 3.72. The van der Waals surface area contributed by atoms with Crippen LogP contribution < -0.4 is 0 Å². The van der Waals surface area contributed by atoms with Crippen molar-refractivity contribution in [3.05, 3.63) is 11.3 Å². The lowest BCUT2D eigenvalue weighted by Gasteiger charge is -1.87. The molecule has 2 nitrogen and oxygen atoms in total. The minimum atomic E-state index is 0.625. The van der Waals surface area contributed by atoms with Crippen LogP contribution in [0, 0.1) is 11.3 Å². The summed E-state index contributed by atoms with van der Waals surface area (Å²) in [5, 5.41) is 8.24. The van der Waals surface area contributed by atoms with E-state index in [-0.39, 0.29) is 0 Å². The maximum absolute atomic E-state index is 8.24. The Balaban J connectivity index is 4.33. The van der Waals surface area contributed by atoms with Gasteiger partial charge in [-0.2, -0.15) is 5.26 Å². The monoisotopic (exact) mass is 108 g/mol. The third-order valence-electron chi connectivity index (χ3n) is 0.948. The SMILES string of the molecule is C=NC(C)=C(C)C#N. The first kappa shape index (κ1) is 6.90. The Morgan fingerprint density at radius 3 is 2.25 bits per heavy atom. The number of hydrogen-bond donors (Lipinski definition) is 0. The number of hydrogen-bond acceptors (Lipinski definition) is 2. The summed E-state index contributed by atoms with van der Waals surface area (Å²) in [6.07, 6.45) is 0. The molecule has 2 heteroatoms. The summed E-state index contributed by atoms with van der Waals surface area (Å²) in [4.78, 5) is 3.57. The molecule has 0 rings (SSSR count). The molecule has 0 N–H and O–H groups in total. The van der Waals surface area contributed by atoms with Crippen molar-refractivity contribution in [2.75, 3.05) is 0 Å². The number of aliphatic imine (C=N–C) groups is 1. The van der Waals surface area contributed by atoms with Gasteiger partial charge in [0, 0.05) is 11.3 Å². The summed E-state index contributed by atoms with van der Waals surface area (Å²) < 4.78 is 0. The van der Waals surface area contributed by atoms with Crippen LogP contribution in [-0.4, -0.2) is 6.72 Å². The van der Waals surface area contributed by atoms with Crippen LogP contribution in [-0.2, 0) is 0 Å². The first-order valence-electron chi connectivity index (χ1n) is 2.26. The average molecular weight is 108 g/mol. The molecule has 0 fully saturated rings. The summed E-state index contributed by atoms with van der Waals surface area (Å²) in [5.41, 5.74) is 1.33. The molecule has 0 spiro atoms. The number of nitrogens with zero attached hydrogens (tertiary/aromatic N) is 2. The van der Waals surface area contributed by atoms with Gasteiger partial charge in [-0.15, -0.1) is 0 Å². The van der Waals surface area contributed by atoms with E-state index in [4.69, 9.17) is 5.26 Å². The van der Waals surface area contributed by atoms with Gasteiger partial charge in [0.05, 0.1) is 6.07 Å². The molecule has 0 aromatic heterocycles. The topological polar surface area (TPSA) is 36.1 Å². The average Bonchev–Trinajstić information content (AvgIpc) is 1.84. The van der Waals surface area contributed by atoms with Crippen LogP contribution in [0.25, 0.3) is 0 Å². The Kier molecular flexibility index (Phi) is 2.57. The van der Waals surface area contributed by atoms with Crippen molar-refractivity contribution in [2.45, 2.75) is 13.8 Å². The second-order valence-corrected chi connectivity index (χ2v) is 1.48. The Morgan fingerprint density at radius 2 is 2.12 bits per heavy atom. The number of nitriles is 1. The smallest absolute Gasteiger partial charge is 0.0963 e. The Bertz CT molecular complexity index is 160. The molecular weight excluding hydrogens is 100 g/mol. The molecule has 0 aliphatic heterocycles. The van der Waals surface area contributed by atoms with Gasteiger partial charge in [-0.3, -0.25) is 4.99 Å². The highest BCUT2D eigenvalue weighted by molar-refractivity contribution is 5.33. The fraction of sp³-hybridized carbons (Fsp3) is 0.333. The Morgan fingerprint density at radius 1 is 1.62 bits per heavy atom. The van der Waals surface area contributed by atoms with E-state index in [1.165, 1.54) is 0 Å². The van der Waals surface area contributed by atoms with E-state index in [1.807, 2.05) is 6.07 Å². The molecular formula is C6H8N2. The summed E-state index contributed by atoms with van der Waals surface area (Å²) in [6.45, 7) is 6.74. The van der Waals surface area contributed by atoms with Gasteiger partial charge in [-0.25, -0.2) is 0 Å². The molecule has 0 aromatic rings. The Labute approximate surface area is 49.2 Å². The predicted octanol–water partition coefficient (Wildman–Crippen LogP) is 1.50. The molecule has 0 bridgehead atoms. The van der Waals surface area contributed by atoms with E-state index in [0.717, 1.165) is 0 Å². The predicted molar refractivity (Wildman–Crippen MR) is 33.5 cm³/mol. The standard InChI is InChI=1S/C6H8N2/c1-5(4-7)6(2)8-3/h3H2,1-2H3. The lowest BCUT2D eigenvalue weighted by atomic mass is 10.3. The normalized spacial score (nSPS) is 11.6. The van der Waals surface area contributed by atoms with Crippen LogP contribution in [0.1, 0.15) is 13.8 Å².